The molecule has 1 rings (SSSR count). The fourth-order valence-electron chi connectivity index (χ4n) is 2.72. The molecule has 40 heavy (non-hydrogen) atoms. The second kappa shape index (κ2) is 13.0. The third-order valence-electron chi connectivity index (χ3n) is 3.65. The van der Waals surface area contributed by atoms with Crippen molar-refractivity contribution in [2.45, 2.75) is 36.6 Å². The van der Waals surface area contributed by atoms with Crippen LogP contribution in [0.3, 0.4) is 0 Å². The minimum Gasteiger partial charge on any atom is -0.387 e. The van der Waals surface area contributed by atoms with E-state index in [-0.39, 0.29) is 0 Å². The van der Waals surface area contributed by atoms with Crippen molar-refractivity contribution >= 4 is 54.8 Å². The van der Waals surface area contributed by atoms with Gasteiger partial charge >= 0.3 is 54.8 Å². The molecule has 3 unspecified atom stereocenters. The third kappa shape index (κ3) is 14.1. The predicted molar refractivity (Wildman–Crippen MR) is 112 cm³/mol. The van der Waals surface area contributed by atoms with Gasteiger partial charge in [-0.25, -0.2) is 32.0 Å². The van der Waals surface area contributed by atoms with Crippen molar-refractivity contribution in [1.29, 1.82) is 0 Å². The normalized spacial score (nSPS) is 31.6. The number of phosphoric acid groups is 7. The van der Waals surface area contributed by atoms with Gasteiger partial charge in [0.15, 0.2) is 0 Å². The summed E-state index contributed by atoms with van der Waals surface area (Å²) in [5, 5.41) is 20.5. The summed E-state index contributed by atoms with van der Waals surface area (Å²) < 4.78 is 107. The number of hydrogen-bond acceptors (Lipinski definition) is 16. The SMILES string of the molecule is O=P(O)(O)O[C@H]1[C@H](O)[C@@H](O)[C@@H](OP(=O)(O)OP(=O)(O)O)[C@@H](OP(=O)(O)OP(=O)(O)O)[C@@H]1OP(=O)(O)OP(=O)(O)O. The van der Waals surface area contributed by atoms with Crippen molar-refractivity contribution < 1.29 is 127 Å². The van der Waals surface area contributed by atoms with Gasteiger partial charge in [0.1, 0.15) is 36.6 Å². The molecule has 0 heterocycles. The Morgan fingerprint density at radius 2 is 0.575 bits per heavy atom. The number of rotatable bonds is 14. The molecule has 0 radical (unpaired) electrons. The van der Waals surface area contributed by atoms with E-state index in [1.54, 1.807) is 0 Å². The summed E-state index contributed by atoms with van der Waals surface area (Å²) in [7, 11) is -43.1. The van der Waals surface area contributed by atoms with Crippen LogP contribution in [0.15, 0.2) is 0 Å². The summed E-state index contributed by atoms with van der Waals surface area (Å²) in [6.07, 6.45) is -19.0. The van der Waals surface area contributed by atoms with Gasteiger partial charge in [-0.2, -0.15) is 12.9 Å². The summed E-state index contributed by atoms with van der Waals surface area (Å²) in [5.74, 6) is 0. The highest BCUT2D eigenvalue weighted by molar-refractivity contribution is 7.61. The van der Waals surface area contributed by atoms with Crippen LogP contribution in [-0.4, -0.2) is 101 Å². The van der Waals surface area contributed by atoms with E-state index in [9.17, 15) is 56.8 Å². The second-order valence-corrected chi connectivity index (χ2v) is 16.4. The molecule has 1 saturated carbocycles. The van der Waals surface area contributed by atoms with E-state index in [0.717, 1.165) is 0 Å². The lowest BCUT2D eigenvalue weighted by Gasteiger charge is -2.46. The van der Waals surface area contributed by atoms with Crippen LogP contribution in [-0.2, 0) is 63.0 Å². The minimum absolute atomic E-state index is 3.03. The monoisotopic (exact) mass is 740 g/mol. The first-order chi connectivity index (χ1) is 17.3. The molecule has 1 aliphatic rings. The molecule has 13 N–H and O–H groups in total. The maximum atomic E-state index is 12.2. The number of aliphatic hydroxyl groups is 2. The molecule has 0 aromatic carbocycles. The molecule has 0 spiro atoms. The Hall–Kier alpha value is 0.810. The van der Waals surface area contributed by atoms with E-state index in [1.165, 1.54) is 0 Å². The largest absolute Gasteiger partial charge is 0.481 e. The minimum atomic E-state index is -6.39. The Morgan fingerprint density at radius 1 is 0.350 bits per heavy atom. The molecule has 0 amide bonds. The first kappa shape index (κ1) is 38.8. The predicted octanol–water partition coefficient (Wildman–Crippen LogP) is -3.02. The van der Waals surface area contributed by atoms with Crippen LogP contribution in [0.4, 0.5) is 0 Å². The van der Waals surface area contributed by atoms with Gasteiger partial charge in [0.2, 0.25) is 0 Å². The number of aliphatic hydroxyl groups excluding tert-OH is 2. The quantitative estimate of drug-likeness (QED) is 0.0788. The third-order valence-corrected chi connectivity index (χ3v) is 10.7. The molecule has 1 fully saturated rings. The van der Waals surface area contributed by atoms with E-state index < -0.39 is 91.4 Å². The molecule has 34 heteroatoms. The molecular weight excluding hydrogens is 721 g/mol. The Kier molecular flexibility index (Phi) is 12.7. The zero-order valence-corrected chi connectivity index (χ0v) is 24.4. The molecule has 9 atom stereocenters. The van der Waals surface area contributed by atoms with E-state index >= 15 is 0 Å². The highest BCUT2D eigenvalue weighted by Gasteiger charge is 2.60. The van der Waals surface area contributed by atoms with Crippen LogP contribution in [0, 0.1) is 0 Å². The first-order valence-electron chi connectivity index (χ1n) is 8.76. The molecule has 0 saturated heterocycles. The zero-order chi connectivity index (χ0) is 31.9. The maximum Gasteiger partial charge on any atom is 0.481 e. The Labute approximate surface area is 219 Å². The fourth-order valence-corrected chi connectivity index (χ4v) is 8.61. The van der Waals surface area contributed by atoms with Crippen molar-refractivity contribution in [3.63, 3.8) is 0 Å². The standard InChI is InChI=1S/C6H19O27P7/c7-1-2(8)4(28-38(21,22)31-35(12,13)14)6(30-40(25,26)33-37(18,19)20)5(3(1)27-34(9,10)11)29-39(23,24)32-36(15,16)17/h1-8H,(H,21,22)(H,23,24)(H,25,26)(H2,9,10,11)(H2,12,13,14)(H2,15,16,17)(H2,18,19,20)/t1-,2-,3+,4-,5-,6-/m1/s1. The molecule has 1 aliphatic carbocycles. The van der Waals surface area contributed by atoms with Crippen LogP contribution >= 0.6 is 54.8 Å². The molecule has 0 aromatic heterocycles. The van der Waals surface area contributed by atoms with Crippen molar-refractivity contribution in [2.75, 3.05) is 0 Å². The van der Waals surface area contributed by atoms with Crippen LogP contribution in [0.25, 0.3) is 0 Å². The van der Waals surface area contributed by atoms with Crippen molar-refractivity contribution in [3.8, 4) is 0 Å². The van der Waals surface area contributed by atoms with Crippen molar-refractivity contribution in [3.05, 3.63) is 0 Å². The van der Waals surface area contributed by atoms with E-state index in [0.29, 0.717) is 0 Å². The topological polar surface area (TPSA) is 447 Å². The Bertz CT molecular complexity index is 1230. The van der Waals surface area contributed by atoms with Gasteiger partial charge in [-0.05, 0) is 0 Å². The van der Waals surface area contributed by atoms with Gasteiger partial charge in [-0.1, -0.05) is 0 Å². The van der Waals surface area contributed by atoms with E-state index in [4.69, 9.17) is 39.1 Å². The summed E-state index contributed by atoms with van der Waals surface area (Å²) in [5.41, 5.74) is 0. The number of hydrogen-bond donors (Lipinski definition) is 13. The van der Waals surface area contributed by atoms with Gasteiger partial charge in [0, 0.05) is 0 Å². The lowest BCUT2D eigenvalue weighted by atomic mass is 9.85. The smallest absolute Gasteiger partial charge is 0.387 e. The van der Waals surface area contributed by atoms with Gasteiger partial charge in [-0.15, -0.1) is 0 Å². The van der Waals surface area contributed by atoms with Crippen molar-refractivity contribution in [2.24, 2.45) is 0 Å². The molecular formula is C6H19O27P7. The zero-order valence-electron chi connectivity index (χ0n) is 18.1. The van der Waals surface area contributed by atoms with Gasteiger partial charge in [0.25, 0.3) is 0 Å². The highest BCUT2D eigenvalue weighted by Crippen LogP contribution is 2.64. The molecule has 0 aliphatic heterocycles. The van der Waals surface area contributed by atoms with E-state index in [1.807, 2.05) is 0 Å². The van der Waals surface area contributed by atoms with Gasteiger partial charge < -0.3 is 64.0 Å². The lowest BCUT2D eigenvalue weighted by Crippen LogP contribution is -2.65. The van der Waals surface area contributed by atoms with Gasteiger partial charge in [0.05, 0.1) is 0 Å². The molecule has 240 valence electrons. The Balaban J connectivity index is 3.84. The van der Waals surface area contributed by atoms with Crippen LogP contribution in [0.2, 0.25) is 0 Å². The fraction of sp³-hybridized carbons (Fsp3) is 1.00. The van der Waals surface area contributed by atoms with Crippen LogP contribution < -0.4 is 0 Å². The summed E-state index contributed by atoms with van der Waals surface area (Å²) in [6, 6.07) is 0. The van der Waals surface area contributed by atoms with Crippen LogP contribution in [0.1, 0.15) is 0 Å². The summed E-state index contributed by atoms with van der Waals surface area (Å²) in [4.78, 5) is 99.5. The molecule has 27 nitrogen and oxygen atoms in total. The first-order valence-corrected chi connectivity index (χ1v) is 19.4. The summed E-state index contributed by atoms with van der Waals surface area (Å²) in [6.45, 7) is 0. The average molecular weight is 740 g/mol. The lowest BCUT2D eigenvalue weighted by molar-refractivity contribution is -0.208. The number of phosphoric ester groups is 4. The highest BCUT2D eigenvalue weighted by atomic mass is 31.3. The average Bonchev–Trinajstić information content (AvgIpc) is 2.58. The summed E-state index contributed by atoms with van der Waals surface area (Å²) >= 11 is 0. The Morgan fingerprint density at radius 3 is 0.800 bits per heavy atom. The van der Waals surface area contributed by atoms with Crippen LogP contribution in [0.5, 0.6) is 0 Å². The van der Waals surface area contributed by atoms with Gasteiger partial charge in [-0.3, -0.25) is 18.1 Å². The second-order valence-electron chi connectivity index (χ2n) is 6.87. The maximum absolute atomic E-state index is 12.2. The molecule has 0 bridgehead atoms. The van der Waals surface area contributed by atoms with E-state index in [2.05, 4.69) is 31.0 Å². The van der Waals surface area contributed by atoms with Crippen molar-refractivity contribution in [1.82, 2.24) is 0 Å². The molecule has 0 aromatic rings.